The van der Waals surface area contributed by atoms with Gasteiger partial charge in [0.15, 0.2) is 0 Å². The first-order valence-electron chi connectivity index (χ1n) is 6.80. The first-order chi connectivity index (χ1) is 9.13. The van der Waals surface area contributed by atoms with Gasteiger partial charge in [-0.25, -0.2) is 4.98 Å². The van der Waals surface area contributed by atoms with Gasteiger partial charge in [0.05, 0.1) is 19.0 Å². The summed E-state index contributed by atoms with van der Waals surface area (Å²) in [6.07, 6.45) is 2.80. The smallest absolute Gasteiger partial charge is 0.272 e. The molecule has 0 radical (unpaired) electrons. The van der Waals surface area contributed by atoms with Crippen LogP contribution in [0.5, 0.6) is 0 Å². The molecule has 0 saturated carbocycles. The molecule has 6 nitrogen and oxygen atoms in total. The second-order valence-electron chi connectivity index (χ2n) is 5.53. The molecule has 2 N–H and O–H groups in total. The van der Waals surface area contributed by atoms with Crippen LogP contribution in [0.15, 0.2) is 6.33 Å². The lowest BCUT2D eigenvalue weighted by Gasteiger charge is -2.33. The Labute approximate surface area is 112 Å². The first-order valence-corrected chi connectivity index (χ1v) is 6.80. The number of amides is 1. The number of aromatic amines is 1. The number of hydrogen-bond acceptors (Lipinski definition) is 4. The third kappa shape index (κ3) is 2.50. The quantitative estimate of drug-likeness (QED) is 0.806. The van der Waals surface area contributed by atoms with Gasteiger partial charge in [-0.15, -0.1) is 0 Å². The molecule has 104 valence electrons. The molecule has 0 aliphatic carbocycles. The summed E-state index contributed by atoms with van der Waals surface area (Å²) in [6, 6.07) is 0.643. The van der Waals surface area contributed by atoms with E-state index in [1.165, 1.54) is 0 Å². The molecule has 2 aliphatic rings. The Hall–Kier alpha value is -1.40. The molecule has 3 atom stereocenters. The molecule has 3 rings (SSSR count). The Kier molecular flexibility index (Phi) is 3.28. The summed E-state index contributed by atoms with van der Waals surface area (Å²) >= 11 is 0. The fraction of sp³-hybridized carbons (Fsp3) is 0.692. The summed E-state index contributed by atoms with van der Waals surface area (Å²) in [5, 5.41) is 3.07. The number of imidazole rings is 1. The highest BCUT2D eigenvalue weighted by Crippen LogP contribution is 2.23. The SMILES string of the molecule is Cc1[nH]cnc1C(=O)N[C@H]1C[C@H]2CO[C@@H](C)CN2C1. The van der Waals surface area contributed by atoms with Crippen LogP contribution in [-0.2, 0) is 4.74 Å². The molecule has 1 aromatic rings. The molecule has 1 amide bonds. The molecule has 0 aromatic carbocycles. The van der Waals surface area contributed by atoms with Crippen molar-refractivity contribution in [2.45, 2.75) is 38.5 Å². The molecule has 0 bridgehead atoms. The van der Waals surface area contributed by atoms with Crippen LogP contribution in [0.1, 0.15) is 29.5 Å². The number of nitrogens with zero attached hydrogens (tertiary/aromatic N) is 2. The average Bonchev–Trinajstić information content (AvgIpc) is 2.94. The third-order valence-corrected chi connectivity index (χ3v) is 3.97. The molecular formula is C13H20N4O2. The van der Waals surface area contributed by atoms with Crippen molar-refractivity contribution in [3.63, 3.8) is 0 Å². The summed E-state index contributed by atoms with van der Waals surface area (Å²) in [7, 11) is 0. The van der Waals surface area contributed by atoms with E-state index in [-0.39, 0.29) is 11.9 Å². The number of morpholine rings is 1. The maximum absolute atomic E-state index is 12.1. The van der Waals surface area contributed by atoms with E-state index in [9.17, 15) is 4.79 Å². The Morgan fingerprint density at radius 2 is 2.42 bits per heavy atom. The number of carbonyl (C=O) groups is 1. The lowest BCUT2D eigenvalue weighted by atomic mass is 10.1. The van der Waals surface area contributed by atoms with E-state index in [0.29, 0.717) is 17.8 Å². The van der Waals surface area contributed by atoms with Crippen molar-refractivity contribution < 1.29 is 9.53 Å². The zero-order valence-corrected chi connectivity index (χ0v) is 11.3. The van der Waals surface area contributed by atoms with Crippen molar-refractivity contribution in [3.05, 3.63) is 17.7 Å². The minimum absolute atomic E-state index is 0.0856. The lowest BCUT2D eigenvalue weighted by Crippen LogP contribution is -2.45. The Bertz CT molecular complexity index is 473. The largest absolute Gasteiger partial charge is 0.376 e. The molecule has 0 spiro atoms. The molecule has 2 fully saturated rings. The normalized spacial score (nSPS) is 31.2. The second kappa shape index (κ2) is 4.94. The van der Waals surface area contributed by atoms with Crippen molar-refractivity contribution in [1.29, 1.82) is 0 Å². The van der Waals surface area contributed by atoms with Crippen LogP contribution in [0.25, 0.3) is 0 Å². The molecule has 19 heavy (non-hydrogen) atoms. The Morgan fingerprint density at radius 3 is 3.16 bits per heavy atom. The topological polar surface area (TPSA) is 70.2 Å². The van der Waals surface area contributed by atoms with Gasteiger partial charge in [0.25, 0.3) is 5.91 Å². The van der Waals surface area contributed by atoms with Crippen molar-refractivity contribution in [2.75, 3.05) is 19.7 Å². The van der Waals surface area contributed by atoms with E-state index in [1.54, 1.807) is 6.33 Å². The van der Waals surface area contributed by atoms with Gasteiger partial charge in [-0.05, 0) is 20.3 Å². The third-order valence-electron chi connectivity index (χ3n) is 3.97. The number of rotatable bonds is 2. The summed E-state index contributed by atoms with van der Waals surface area (Å²) < 4.78 is 5.66. The van der Waals surface area contributed by atoms with E-state index in [4.69, 9.17) is 4.74 Å². The van der Waals surface area contributed by atoms with Crippen LogP contribution in [0.4, 0.5) is 0 Å². The van der Waals surface area contributed by atoms with Gasteiger partial charge in [-0.1, -0.05) is 0 Å². The highest BCUT2D eigenvalue weighted by atomic mass is 16.5. The molecular weight excluding hydrogens is 244 g/mol. The molecule has 1 aromatic heterocycles. The fourth-order valence-electron chi connectivity index (χ4n) is 2.99. The number of hydrogen-bond donors (Lipinski definition) is 2. The number of aromatic nitrogens is 2. The highest BCUT2D eigenvalue weighted by molar-refractivity contribution is 5.93. The number of ether oxygens (including phenoxy) is 1. The zero-order chi connectivity index (χ0) is 13.4. The molecule has 3 heterocycles. The Morgan fingerprint density at radius 1 is 1.58 bits per heavy atom. The summed E-state index contributed by atoms with van der Waals surface area (Å²) in [5.41, 5.74) is 1.31. The first kappa shape index (κ1) is 12.6. The molecule has 2 saturated heterocycles. The van der Waals surface area contributed by atoms with E-state index in [0.717, 1.165) is 31.8 Å². The van der Waals surface area contributed by atoms with E-state index < -0.39 is 0 Å². The zero-order valence-electron chi connectivity index (χ0n) is 11.3. The molecule has 6 heteroatoms. The Balaban J connectivity index is 1.60. The maximum atomic E-state index is 12.1. The predicted molar refractivity (Wildman–Crippen MR) is 70.0 cm³/mol. The van der Waals surface area contributed by atoms with E-state index >= 15 is 0 Å². The number of fused-ring (bicyclic) bond motifs is 1. The van der Waals surface area contributed by atoms with Gasteiger partial charge in [-0.2, -0.15) is 0 Å². The summed E-state index contributed by atoms with van der Waals surface area (Å²) in [4.78, 5) is 21.5. The van der Waals surface area contributed by atoms with E-state index in [2.05, 4.69) is 27.1 Å². The van der Waals surface area contributed by atoms with Gasteiger partial charge >= 0.3 is 0 Å². The van der Waals surface area contributed by atoms with Gasteiger partial charge in [0.2, 0.25) is 0 Å². The van der Waals surface area contributed by atoms with Gasteiger partial charge in [0.1, 0.15) is 5.69 Å². The van der Waals surface area contributed by atoms with Crippen LogP contribution in [0.2, 0.25) is 0 Å². The van der Waals surface area contributed by atoms with Crippen molar-refractivity contribution in [1.82, 2.24) is 20.2 Å². The van der Waals surface area contributed by atoms with Crippen LogP contribution in [0.3, 0.4) is 0 Å². The van der Waals surface area contributed by atoms with Crippen molar-refractivity contribution >= 4 is 5.91 Å². The van der Waals surface area contributed by atoms with Crippen molar-refractivity contribution in [2.24, 2.45) is 0 Å². The lowest BCUT2D eigenvalue weighted by molar-refractivity contribution is -0.0390. The fourth-order valence-corrected chi connectivity index (χ4v) is 2.99. The van der Waals surface area contributed by atoms with Gasteiger partial charge in [0, 0.05) is 30.9 Å². The van der Waals surface area contributed by atoms with Crippen LogP contribution < -0.4 is 5.32 Å². The maximum Gasteiger partial charge on any atom is 0.272 e. The number of carbonyl (C=O) groups excluding carboxylic acids is 1. The minimum Gasteiger partial charge on any atom is -0.376 e. The molecule has 0 unspecified atom stereocenters. The summed E-state index contributed by atoms with van der Waals surface area (Å²) in [6.45, 7) is 6.59. The number of H-pyrrole nitrogens is 1. The monoisotopic (exact) mass is 264 g/mol. The minimum atomic E-state index is -0.0856. The number of nitrogens with one attached hydrogen (secondary N) is 2. The number of aryl methyl sites for hydroxylation is 1. The van der Waals surface area contributed by atoms with Crippen molar-refractivity contribution in [3.8, 4) is 0 Å². The standard InChI is InChI=1S/C13H20N4O2/c1-8-4-17-5-10(3-11(17)6-19-8)16-13(18)12-9(2)14-7-15-12/h7-8,10-11H,3-6H2,1-2H3,(H,14,15)(H,16,18)/t8-,10-,11-/m0/s1. The van der Waals surface area contributed by atoms with E-state index in [1.807, 2.05) is 6.92 Å². The van der Waals surface area contributed by atoms with Crippen LogP contribution in [-0.4, -0.2) is 58.7 Å². The van der Waals surface area contributed by atoms with Gasteiger partial charge in [-0.3, -0.25) is 9.69 Å². The van der Waals surface area contributed by atoms with Crippen LogP contribution in [0, 0.1) is 6.92 Å². The van der Waals surface area contributed by atoms with Gasteiger partial charge < -0.3 is 15.0 Å². The highest BCUT2D eigenvalue weighted by Gasteiger charge is 2.37. The summed E-state index contributed by atoms with van der Waals surface area (Å²) in [5.74, 6) is -0.0856. The predicted octanol–water partition coefficient (Wildman–Crippen LogP) is 0.310. The van der Waals surface area contributed by atoms with Crippen LogP contribution >= 0.6 is 0 Å². The second-order valence-corrected chi connectivity index (χ2v) is 5.53. The molecule has 2 aliphatic heterocycles. The average molecular weight is 264 g/mol.